The largest absolute Gasteiger partial charge is 0.382 e. The molecule has 1 aromatic rings. The summed E-state index contributed by atoms with van der Waals surface area (Å²) in [6.07, 6.45) is 4.44. The van der Waals surface area contributed by atoms with Crippen molar-refractivity contribution >= 4 is 27.4 Å². The molecule has 0 radical (unpaired) electrons. The molecule has 4 N–H and O–H groups in total. The molecule has 0 unspecified atom stereocenters. The van der Waals surface area contributed by atoms with E-state index in [1.807, 2.05) is 13.2 Å². The Kier molecular flexibility index (Phi) is 7.45. The standard InChI is InChI=1S/C15H22N4O3S2/c1-3-11-12(21-9-24-23-2)7-13(22-11)19-8-10(5-4-6-16)14(17)18-15(19)20/h8,11-13H,3,6-7,9,16H2,1-2H3,(H2,17,18,20)/t11-,12-,13-/m1/s1. The van der Waals surface area contributed by atoms with Gasteiger partial charge in [0.1, 0.15) is 18.0 Å². The Hall–Kier alpha value is -1.18. The molecular formula is C15H22N4O3S2. The van der Waals surface area contributed by atoms with E-state index in [4.69, 9.17) is 20.9 Å². The zero-order valence-corrected chi connectivity index (χ0v) is 15.4. The highest BCUT2D eigenvalue weighted by Gasteiger charge is 2.36. The smallest absolute Gasteiger partial charge is 0.351 e. The van der Waals surface area contributed by atoms with E-state index in [0.717, 1.165) is 6.42 Å². The van der Waals surface area contributed by atoms with Crippen molar-refractivity contribution < 1.29 is 9.47 Å². The van der Waals surface area contributed by atoms with Crippen LogP contribution in [0.1, 0.15) is 31.6 Å². The number of hydrogen-bond donors (Lipinski definition) is 2. The van der Waals surface area contributed by atoms with Crippen LogP contribution in [0, 0.1) is 11.8 Å². The van der Waals surface area contributed by atoms with E-state index in [1.165, 1.54) is 4.57 Å². The van der Waals surface area contributed by atoms with Crippen LogP contribution in [-0.2, 0) is 9.47 Å². The van der Waals surface area contributed by atoms with Crippen LogP contribution >= 0.6 is 21.6 Å². The molecule has 0 aliphatic carbocycles. The molecular weight excluding hydrogens is 348 g/mol. The SMILES string of the molecule is CC[C@H]1O[C@@H](n2cc(C#CCN)c(N)nc2=O)C[C@H]1OCSSC. The third kappa shape index (κ3) is 4.68. The summed E-state index contributed by atoms with van der Waals surface area (Å²) in [6.45, 7) is 2.24. The van der Waals surface area contributed by atoms with Gasteiger partial charge in [0.2, 0.25) is 0 Å². The van der Waals surface area contributed by atoms with Crippen molar-refractivity contribution in [2.45, 2.75) is 38.2 Å². The second-order valence-electron chi connectivity index (χ2n) is 5.12. The summed E-state index contributed by atoms with van der Waals surface area (Å²) < 4.78 is 13.3. The zero-order chi connectivity index (χ0) is 17.5. The average molecular weight is 371 g/mol. The minimum absolute atomic E-state index is 0.0531. The van der Waals surface area contributed by atoms with Crippen LogP contribution in [-0.4, -0.2) is 40.5 Å². The van der Waals surface area contributed by atoms with Gasteiger partial charge in [0.15, 0.2) is 0 Å². The molecule has 1 aromatic heterocycles. The molecule has 1 aliphatic heterocycles. The molecule has 1 fully saturated rings. The maximum atomic E-state index is 12.2. The first-order valence-corrected chi connectivity index (χ1v) is 10.3. The lowest BCUT2D eigenvalue weighted by atomic mass is 10.1. The van der Waals surface area contributed by atoms with Crippen molar-refractivity contribution in [3.63, 3.8) is 0 Å². The van der Waals surface area contributed by atoms with Crippen molar-refractivity contribution in [2.24, 2.45) is 5.73 Å². The summed E-state index contributed by atoms with van der Waals surface area (Å²) >= 11 is 0. The van der Waals surface area contributed by atoms with Gasteiger partial charge in [0.05, 0.1) is 24.3 Å². The molecule has 0 bridgehead atoms. The van der Waals surface area contributed by atoms with E-state index >= 15 is 0 Å². The van der Waals surface area contributed by atoms with Crippen LogP contribution < -0.4 is 17.2 Å². The molecule has 9 heteroatoms. The summed E-state index contributed by atoms with van der Waals surface area (Å²) in [6, 6.07) is 0. The van der Waals surface area contributed by atoms with Gasteiger partial charge >= 0.3 is 5.69 Å². The quantitative estimate of drug-likeness (QED) is 0.333. The third-order valence-corrected chi connectivity index (χ3v) is 5.11. The van der Waals surface area contributed by atoms with E-state index in [1.54, 1.807) is 27.8 Å². The lowest BCUT2D eigenvalue weighted by molar-refractivity contribution is -0.0322. The van der Waals surface area contributed by atoms with Crippen molar-refractivity contribution in [2.75, 3.05) is 24.5 Å². The fourth-order valence-electron chi connectivity index (χ4n) is 2.50. The van der Waals surface area contributed by atoms with Crippen LogP contribution in [0.15, 0.2) is 11.0 Å². The number of hydrogen-bond acceptors (Lipinski definition) is 8. The van der Waals surface area contributed by atoms with E-state index in [-0.39, 0.29) is 24.6 Å². The Balaban J connectivity index is 2.20. The van der Waals surface area contributed by atoms with E-state index in [9.17, 15) is 4.79 Å². The minimum Gasteiger partial charge on any atom is -0.382 e. The molecule has 2 rings (SSSR count). The highest BCUT2D eigenvalue weighted by Crippen LogP contribution is 2.33. The Morgan fingerprint density at radius 2 is 2.38 bits per heavy atom. The maximum Gasteiger partial charge on any atom is 0.351 e. The molecule has 0 aromatic carbocycles. The Morgan fingerprint density at radius 1 is 1.58 bits per heavy atom. The van der Waals surface area contributed by atoms with E-state index in [2.05, 4.69) is 16.8 Å². The molecule has 2 heterocycles. The maximum absolute atomic E-state index is 12.2. The number of ether oxygens (including phenoxy) is 2. The molecule has 132 valence electrons. The summed E-state index contributed by atoms with van der Waals surface area (Å²) in [4.78, 5) is 16.0. The predicted octanol–water partition coefficient (Wildman–Crippen LogP) is 1.19. The Bertz CT molecular complexity index is 671. The number of anilines is 1. The van der Waals surface area contributed by atoms with Crippen molar-refractivity contribution in [3.8, 4) is 11.8 Å². The fourth-order valence-corrected chi connectivity index (χ4v) is 3.28. The van der Waals surface area contributed by atoms with Gasteiger partial charge in [0, 0.05) is 12.6 Å². The Morgan fingerprint density at radius 3 is 3.04 bits per heavy atom. The van der Waals surface area contributed by atoms with E-state index < -0.39 is 11.9 Å². The van der Waals surface area contributed by atoms with Gasteiger partial charge in [-0.15, -0.1) is 0 Å². The van der Waals surface area contributed by atoms with Crippen LogP contribution in [0.5, 0.6) is 0 Å². The van der Waals surface area contributed by atoms with Gasteiger partial charge < -0.3 is 20.9 Å². The first-order chi connectivity index (χ1) is 11.6. The number of nitrogens with two attached hydrogens (primary N) is 2. The molecule has 0 spiro atoms. The second kappa shape index (κ2) is 9.34. The first-order valence-electron chi connectivity index (χ1n) is 7.61. The highest BCUT2D eigenvalue weighted by molar-refractivity contribution is 8.76. The predicted molar refractivity (Wildman–Crippen MR) is 98.5 cm³/mol. The molecule has 0 amide bonds. The van der Waals surface area contributed by atoms with Crippen LogP contribution in [0.25, 0.3) is 0 Å². The van der Waals surface area contributed by atoms with E-state index in [0.29, 0.717) is 17.9 Å². The van der Waals surface area contributed by atoms with Crippen LogP contribution in [0.2, 0.25) is 0 Å². The molecule has 24 heavy (non-hydrogen) atoms. The zero-order valence-electron chi connectivity index (χ0n) is 13.7. The number of nitrogens with zero attached hydrogens (tertiary/aromatic N) is 2. The third-order valence-electron chi connectivity index (χ3n) is 3.65. The van der Waals surface area contributed by atoms with Crippen LogP contribution in [0.3, 0.4) is 0 Å². The summed E-state index contributed by atoms with van der Waals surface area (Å²) in [5.41, 5.74) is 11.2. The molecule has 3 atom stereocenters. The fraction of sp³-hybridized carbons (Fsp3) is 0.600. The van der Waals surface area contributed by atoms with Crippen molar-refractivity contribution in [3.05, 3.63) is 22.2 Å². The molecule has 0 saturated carbocycles. The second-order valence-corrected chi connectivity index (χ2v) is 7.63. The number of nitrogen functional groups attached to an aromatic ring is 1. The van der Waals surface area contributed by atoms with Gasteiger partial charge in [-0.1, -0.05) is 40.4 Å². The lowest BCUT2D eigenvalue weighted by Crippen LogP contribution is -2.28. The van der Waals surface area contributed by atoms with Gasteiger partial charge in [-0.3, -0.25) is 4.57 Å². The monoisotopic (exact) mass is 370 g/mol. The van der Waals surface area contributed by atoms with Crippen molar-refractivity contribution in [1.82, 2.24) is 9.55 Å². The van der Waals surface area contributed by atoms with Crippen molar-refractivity contribution in [1.29, 1.82) is 0 Å². The molecule has 1 saturated heterocycles. The minimum atomic E-state index is -0.454. The topological polar surface area (TPSA) is 105 Å². The normalized spacial score (nSPS) is 23.0. The summed E-state index contributed by atoms with van der Waals surface area (Å²) in [5, 5.41) is 0. The average Bonchev–Trinajstić information content (AvgIpc) is 2.97. The van der Waals surface area contributed by atoms with Gasteiger partial charge in [-0.2, -0.15) is 4.98 Å². The lowest BCUT2D eigenvalue weighted by Gasteiger charge is -2.16. The van der Waals surface area contributed by atoms with Crippen LogP contribution in [0.4, 0.5) is 5.82 Å². The summed E-state index contributed by atoms with van der Waals surface area (Å²) in [5.74, 6) is 6.23. The Labute approximate surface area is 149 Å². The number of aromatic nitrogens is 2. The van der Waals surface area contributed by atoms with Gasteiger partial charge in [-0.05, 0) is 12.7 Å². The summed E-state index contributed by atoms with van der Waals surface area (Å²) in [7, 11) is 3.28. The first kappa shape index (κ1) is 19.1. The van der Waals surface area contributed by atoms with Gasteiger partial charge in [0.25, 0.3) is 0 Å². The molecule has 7 nitrogen and oxygen atoms in total. The molecule has 1 aliphatic rings. The highest BCUT2D eigenvalue weighted by atomic mass is 33.1. The number of rotatable bonds is 6. The van der Waals surface area contributed by atoms with Gasteiger partial charge in [-0.25, -0.2) is 4.79 Å².